The summed E-state index contributed by atoms with van der Waals surface area (Å²) < 4.78 is 10.3. The van der Waals surface area contributed by atoms with E-state index in [0.717, 1.165) is 6.42 Å². The number of rotatable bonds is 5. The first-order valence-electron chi connectivity index (χ1n) is 8.14. The molecular formula is C19H29NO4. The molecule has 5 nitrogen and oxygen atoms in total. The zero-order valence-electron chi connectivity index (χ0n) is 15.8. The molecule has 0 radical (unpaired) electrons. The van der Waals surface area contributed by atoms with Gasteiger partial charge in [-0.2, -0.15) is 0 Å². The Balaban J connectivity index is 0.000000351. The number of nitrogens with zero attached hydrogens (tertiary/aromatic N) is 1. The van der Waals surface area contributed by atoms with E-state index >= 15 is 0 Å². The highest BCUT2D eigenvalue weighted by molar-refractivity contribution is 6.21. The van der Waals surface area contributed by atoms with E-state index in [2.05, 4.69) is 20.8 Å². The van der Waals surface area contributed by atoms with Gasteiger partial charge >= 0.3 is 0 Å². The van der Waals surface area contributed by atoms with E-state index in [1.807, 2.05) is 13.8 Å². The van der Waals surface area contributed by atoms with Crippen molar-refractivity contribution in [2.75, 3.05) is 20.8 Å². The maximum atomic E-state index is 12.1. The largest absolute Gasteiger partial charge is 0.379 e. The quantitative estimate of drug-likeness (QED) is 0.773. The molecule has 5 heteroatoms. The number of ether oxygens (including phenoxy) is 2. The minimum Gasteiger partial charge on any atom is -0.379 e. The van der Waals surface area contributed by atoms with Crippen LogP contribution in [0.25, 0.3) is 0 Å². The molecule has 0 fully saturated rings. The second-order valence-electron chi connectivity index (χ2n) is 7.02. The van der Waals surface area contributed by atoms with Crippen LogP contribution in [0.4, 0.5) is 0 Å². The Kier molecular flexibility index (Phi) is 6.69. The third kappa shape index (κ3) is 4.89. The van der Waals surface area contributed by atoms with Gasteiger partial charge in [-0.15, -0.1) is 0 Å². The highest BCUT2D eigenvalue weighted by atomic mass is 16.5. The molecule has 0 unspecified atom stereocenters. The third-order valence-electron chi connectivity index (χ3n) is 4.37. The van der Waals surface area contributed by atoms with E-state index in [0.29, 0.717) is 11.1 Å². The highest BCUT2D eigenvalue weighted by Crippen LogP contribution is 2.24. The maximum Gasteiger partial charge on any atom is 0.261 e. The molecule has 1 aliphatic heterocycles. The van der Waals surface area contributed by atoms with Gasteiger partial charge in [0.1, 0.15) is 0 Å². The van der Waals surface area contributed by atoms with E-state index in [9.17, 15) is 9.59 Å². The van der Waals surface area contributed by atoms with Crippen LogP contribution in [0.15, 0.2) is 24.3 Å². The Morgan fingerprint density at radius 2 is 1.29 bits per heavy atom. The molecule has 2 rings (SSSR count). The molecule has 1 aromatic carbocycles. The minimum atomic E-state index is -0.534. The van der Waals surface area contributed by atoms with Crippen LogP contribution in [-0.2, 0) is 9.47 Å². The van der Waals surface area contributed by atoms with Crippen molar-refractivity contribution < 1.29 is 19.1 Å². The number of benzene rings is 1. The molecule has 0 saturated heterocycles. The van der Waals surface area contributed by atoms with Gasteiger partial charge in [-0.1, -0.05) is 19.1 Å². The average molecular weight is 335 g/mol. The van der Waals surface area contributed by atoms with E-state index < -0.39 is 5.60 Å². The first kappa shape index (κ1) is 20.3. The molecule has 0 bridgehead atoms. The summed E-state index contributed by atoms with van der Waals surface area (Å²) in [6, 6.07) is 6.87. The van der Waals surface area contributed by atoms with E-state index in [4.69, 9.17) is 9.47 Å². The fourth-order valence-corrected chi connectivity index (χ4v) is 1.97. The van der Waals surface area contributed by atoms with Crippen LogP contribution < -0.4 is 0 Å². The smallest absolute Gasteiger partial charge is 0.261 e. The van der Waals surface area contributed by atoms with E-state index in [1.54, 1.807) is 38.5 Å². The van der Waals surface area contributed by atoms with Crippen LogP contribution in [0.2, 0.25) is 0 Å². The van der Waals surface area contributed by atoms with Crippen molar-refractivity contribution in [3.05, 3.63) is 35.4 Å². The zero-order chi connectivity index (χ0) is 18.5. The summed E-state index contributed by atoms with van der Waals surface area (Å²) in [5, 5.41) is 0. The Morgan fingerprint density at radius 3 is 1.58 bits per heavy atom. The first-order valence-corrected chi connectivity index (χ1v) is 8.14. The summed E-state index contributed by atoms with van der Waals surface area (Å²) in [7, 11) is 3.31. The lowest BCUT2D eigenvalue weighted by molar-refractivity contribution is -0.00155. The molecule has 1 aliphatic rings. The zero-order valence-corrected chi connectivity index (χ0v) is 15.8. The molecule has 0 aromatic heterocycles. The highest BCUT2D eigenvalue weighted by Gasteiger charge is 2.38. The van der Waals surface area contributed by atoms with Crippen molar-refractivity contribution in [1.29, 1.82) is 0 Å². The molecule has 24 heavy (non-hydrogen) atoms. The number of methoxy groups -OCH3 is 2. The third-order valence-corrected chi connectivity index (χ3v) is 4.37. The van der Waals surface area contributed by atoms with Crippen LogP contribution in [0.1, 0.15) is 61.8 Å². The second-order valence-corrected chi connectivity index (χ2v) is 7.02. The summed E-state index contributed by atoms with van der Waals surface area (Å²) in [5.74, 6) is -0.480. The standard InChI is InChI=1S/C13H15NO3.C6H14O/c1-13(2,17-3)8-14-11(15)9-6-4-5-7-10(9)12(14)16;1-5-6(2,3)7-4/h4-7H,8H2,1-3H3;5H2,1-4H3. The molecule has 1 aromatic rings. The number of carbonyl (C=O) groups excluding carboxylic acids is 2. The van der Waals surface area contributed by atoms with Crippen molar-refractivity contribution in [2.24, 2.45) is 0 Å². The van der Waals surface area contributed by atoms with Gasteiger partial charge in [-0.25, -0.2) is 0 Å². The summed E-state index contributed by atoms with van der Waals surface area (Å²) in [6.45, 7) is 10.2. The van der Waals surface area contributed by atoms with Gasteiger partial charge in [0.2, 0.25) is 0 Å². The van der Waals surface area contributed by atoms with Crippen molar-refractivity contribution >= 4 is 11.8 Å². The normalized spacial score (nSPS) is 14.4. The molecule has 1 heterocycles. The molecule has 2 amide bonds. The van der Waals surface area contributed by atoms with Crippen LogP contribution in [-0.4, -0.2) is 48.7 Å². The molecule has 0 saturated carbocycles. The van der Waals surface area contributed by atoms with E-state index in [1.165, 1.54) is 4.90 Å². The van der Waals surface area contributed by atoms with Gasteiger partial charge in [0.05, 0.1) is 28.9 Å². The van der Waals surface area contributed by atoms with Crippen LogP contribution in [0.5, 0.6) is 0 Å². The van der Waals surface area contributed by atoms with Gasteiger partial charge in [-0.3, -0.25) is 14.5 Å². The number of imide groups is 1. The molecular weight excluding hydrogens is 306 g/mol. The van der Waals surface area contributed by atoms with Crippen LogP contribution in [0.3, 0.4) is 0 Å². The van der Waals surface area contributed by atoms with Crippen molar-refractivity contribution in [1.82, 2.24) is 4.90 Å². The lowest BCUT2D eigenvalue weighted by atomic mass is 10.1. The van der Waals surface area contributed by atoms with Gasteiger partial charge in [0.25, 0.3) is 11.8 Å². The van der Waals surface area contributed by atoms with Gasteiger partial charge in [0, 0.05) is 14.2 Å². The Morgan fingerprint density at radius 1 is 0.875 bits per heavy atom. The molecule has 0 aliphatic carbocycles. The van der Waals surface area contributed by atoms with Gasteiger partial charge in [0.15, 0.2) is 0 Å². The van der Waals surface area contributed by atoms with E-state index in [-0.39, 0.29) is 24.0 Å². The van der Waals surface area contributed by atoms with Crippen molar-refractivity contribution in [2.45, 2.75) is 52.2 Å². The molecule has 0 N–H and O–H groups in total. The number of amides is 2. The SMILES string of the molecule is CCC(C)(C)OC.COC(C)(C)CN1C(=O)c2ccccc2C1=O. The predicted molar refractivity (Wildman–Crippen MR) is 94.3 cm³/mol. The number of carbonyl (C=O) groups is 2. The maximum absolute atomic E-state index is 12.1. The summed E-state index contributed by atoms with van der Waals surface area (Å²) in [6.07, 6.45) is 1.07. The van der Waals surface area contributed by atoms with Gasteiger partial charge < -0.3 is 9.47 Å². The lowest BCUT2D eigenvalue weighted by Gasteiger charge is -2.27. The fraction of sp³-hybridized carbons (Fsp3) is 0.579. The number of hydrogen-bond donors (Lipinski definition) is 0. The summed E-state index contributed by atoms with van der Waals surface area (Å²) >= 11 is 0. The summed E-state index contributed by atoms with van der Waals surface area (Å²) in [4.78, 5) is 25.3. The van der Waals surface area contributed by atoms with Crippen LogP contribution in [0, 0.1) is 0 Å². The van der Waals surface area contributed by atoms with Crippen LogP contribution >= 0.6 is 0 Å². The minimum absolute atomic E-state index is 0.0833. The number of fused-ring (bicyclic) bond motifs is 1. The Hall–Kier alpha value is -1.72. The van der Waals surface area contributed by atoms with Crippen molar-refractivity contribution in [3.8, 4) is 0 Å². The molecule has 134 valence electrons. The average Bonchev–Trinajstić information content (AvgIpc) is 2.80. The molecule has 0 atom stereocenters. The Bertz CT molecular complexity index is 552. The molecule has 0 spiro atoms. The predicted octanol–water partition coefficient (Wildman–Crippen LogP) is 3.53. The summed E-state index contributed by atoms with van der Waals surface area (Å²) in [5.41, 5.74) is 0.502. The second kappa shape index (κ2) is 7.90. The fourth-order valence-electron chi connectivity index (χ4n) is 1.97. The number of hydrogen-bond acceptors (Lipinski definition) is 4. The van der Waals surface area contributed by atoms with Gasteiger partial charge in [-0.05, 0) is 46.2 Å². The Labute approximate surface area is 144 Å². The van der Waals surface area contributed by atoms with Crippen molar-refractivity contribution in [3.63, 3.8) is 0 Å². The lowest BCUT2D eigenvalue weighted by Crippen LogP contribution is -2.43. The monoisotopic (exact) mass is 335 g/mol. The topological polar surface area (TPSA) is 55.8 Å². The first-order chi connectivity index (χ1) is 11.1.